The van der Waals surface area contributed by atoms with Crippen molar-refractivity contribution in [2.75, 3.05) is 0 Å². The van der Waals surface area contributed by atoms with Gasteiger partial charge in [-0.05, 0) is 83.6 Å². The minimum Gasteiger partial charge on any atom is -0.392 e. The van der Waals surface area contributed by atoms with Crippen LogP contribution in [0.2, 0.25) is 0 Å². The van der Waals surface area contributed by atoms with E-state index < -0.39 is 0 Å². The van der Waals surface area contributed by atoms with Crippen LogP contribution in [0, 0.1) is 0 Å². The Morgan fingerprint density at radius 1 is 0.585 bits per heavy atom. The number of unbranched alkanes of at least 4 members (excludes halogenated alkanes) is 16. The molecule has 0 aromatic rings. The number of aliphatic hydroxyl groups excluding tert-OH is 2. The molecule has 5 heteroatoms. The van der Waals surface area contributed by atoms with Gasteiger partial charge in [0.1, 0.15) is 6.29 Å². The lowest BCUT2D eigenvalue weighted by molar-refractivity contribution is -0.105. The molecule has 0 aromatic heterocycles. The lowest BCUT2D eigenvalue weighted by Crippen LogP contribution is -2.48. The second-order valence-electron chi connectivity index (χ2n) is 13.6. The summed E-state index contributed by atoms with van der Waals surface area (Å²) >= 11 is 0. The summed E-state index contributed by atoms with van der Waals surface area (Å²) in [6, 6.07) is 1.73. The molecule has 240 valence electrons. The van der Waals surface area contributed by atoms with Gasteiger partial charge in [0.25, 0.3) is 0 Å². The number of aliphatic hydroxyl groups is 2. The maximum atomic E-state index is 11.5. The third-order valence-corrected chi connectivity index (χ3v) is 9.86. The lowest BCUT2D eigenvalue weighted by atomic mass is 9.93. The van der Waals surface area contributed by atoms with E-state index in [4.69, 9.17) is 0 Å². The van der Waals surface area contributed by atoms with Crippen LogP contribution >= 0.6 is 0 Å². The molecule has 0 aliphatic carbocycles. The average molecular weight is 577 g/mol. The molecule has 2 saturated heterocycles. The van der Waals surface area contributed by atoms with E-state index in [1.54, 1.807) is 0 Å². The van der Waals surface area contributed by atoms with Crippen molar-refractivity contribution in [2.45, 2.75) is 211 Å². The van der Waals surface area contributed by atoms with E-state index in [2.05, 4.69) is 30.6 Å². The van der Waals surface area contributed by atoms with Gasteiger partial charge in [-0.3, -0.25) is 4.79 Å². The van der Waals surface area contributed by atoms with Crippen LogP contribution in [0.5, 0.6) is 0 Å². The van der Waals surface area contributed by atoms with E-state index >= 15 is 0 Å². The average Bonchev–Trinajstić information content (AvgIpc) is 2.97. The first-order valence-corrected chi connectivity index (χ1v) is 18.0. The summed E-state index contributed by atoms with van der Waals surface area (Å²) < 4.78 is 0. The SMILES string of the molecule is C[C@H]1N[C@@H](CCCCCCCCCCC/C=C(/C=O)CCCCCCCCCC[C@H]2CC[C@H](O)[C@@H](C)N2)CC[C@@H]1O. The third kappa shape index (κ3) is 17.8. The van der Waals surface area contributed by atoms with Gasteiger partial charge in [0.05, 0.1) is 12.2 Å². The summed E-state index contributed by atoms with van der Waals surface area (Å²) in [5.41, 5.74) is 1.03. The Balaban J connectivity index is 1.30. The first-order chi connectivity index (χ1) is 20.0. The molecule has 0 bridgehead atoms. The molecule has 0 radical (unpaired) electrons. The quantitative estimate of drug-likeness (QED) is 0.0528. The highest BCUT2D eigenvalue weighted by Crippen LogP contribution is 2.20. The predicted molar refractivity (Wildman–Crippen MR) is 174 cm³/mol. The molecule has 0 saturated carbocycles. The molecule has 2 rings (SSSR count). The summed E-state index contributed by atoms with van der Waals surface area (Å²) in [4.78, 5) is 11.5. The van der Waals surface area contributed by atoms with Crippen LogP contribution < -0.4 is 10.6 Å². The Bertz CT molecular complexity index is 669. The van der Waals surface area contributed by atoms with Gasteiger partial charge in [-0.2, -0.15) is 0 Å². The van der Waals surface area contributed by atoms with Crippen molar-refractivity contribution in [1.82, 2.24) is 10.6 Å². The van der Waals surface area contributed by atoms with E-state index in [0.29, 0.717) is 12.1 Å². The molecule has 6 atom stereocenters. The van der Waals surface area contributed by atoms with Gasteiger partial charge in [0.2, 0.25) is 0 Å². The smallest absolute Gasteiger partial charge is 0.145 e. The van der Waals surface area contributed by atoms with Crippen LogP contribution in [-0.4, -0.2) is 52.9 Å². The maximum Gasteiger partial charge on any atom is 0.145 e. The zero-order valence-electron chi connectivity index (χ0n) is 27.1. The van der Waals surface area contributed by atoms with E-state index in [1.165, 1.54) is 116 Å². The van der Waals surface area contributed by atoms with E-state index in [0.717, 1.165) is 56.8 Å². The minimum absolute atomic E-state index is 0.155. The van der Waals surface area contributed by atoms with E-state index in [1.807, 2.05) is 0 Å². The Morgan fingerprint density at radius 3 is 1.39 bits per heavy atom. The molecule has 2 heterocycles. The maximum absolute atomic E-state index is 11.5. The van der Waals surface area contributed by atoms with Gasteiger partial charge in [-0.25, -0.2) is 0 Å². The number of piperidine rings is 2. The van der Waals surface area contributed by atoms with Crippen LogP contribution in [0.4, 0.5) is 0 Å². The lowest BCUT2D eigenvalue weighted by Gasteiger charge is -2.32. The zero-order valence-corrected chi connectivity index (χ0v) is 27.1. The molecule has 4 N–H and O–H groups in total. The minimum atomic E-state index is -0.160. The Kier molecular flexibility index (Phi) is 21.0. The normalized spacial score (nSPS) is 27.3. The number of carbonyl (C=O) groups excluding carboxylic acids is 1. The van der Waals surface area contributed by atoms with Gasteiger partial charge in [-0.1, -0.05) is 102 Å². The Morgan fingerprint density at radius 2 is 0.976 bits per heavy atom. The van der Waals surface area contributed by atoms with Crippen LogP contribution in [0.15, 0.2) is 11.6 Å². The highest BCUT2D eigenvalue weighted by molar-refractivity contribution is 5.72. The highest BCUT2D eigenvalue weighted by Gasteiger charge is 2.25. The molecule has 2 fully saturated rings. The number of hydrogen-bond donors (Lipinski definition) is 4. The molecule has 0 aromatic carbocycles. The predicted octanol–water partition coefficient (Wildman–Crippen LogP) is 8.31. The molecule has 0 spiro atoms. The number of allylic oxidation sites excluding steroid dienone is 2. The van der Waals surface area contributed by atoms with Crippen molar-refractivity contribution in [3.05, 3.63) is 11.6 Å². The first-order valence-electron chi connectivity index (χ1n) is 18.0. The van der Waals surface area contributed by atoms with Gasteiger partial charge in [0, 0.05) is 24.2 Å². The van der Waals surface area contributed by atoms with Crippen LogP contribution in [-0.2, 0) is 4.79 Å². The van der Waals surface area contributed by atoms with Crippen LogP contribution in [0.25, 0.3) is 0 Å². The topological polar surface area (TPSA) is 81.6 Å². The van der Waals surface area contributed by atoms with E-state index in [9.17, 15) is 15.0 Å². The number of carbonyl (C=O) groups is 1. The van der Waals surface area contributed by atoms with Crippen molar-refractivity contribution in [3.8, 4) is 0 Å². The van der Waals surface area contributed by atoms with Crippen molar-refractivity contribution in [3.63, 3.8) is 0 Å². The fourth-order valence-electron chi connectivity index (χ4n) is 6.88. The van der Waals surface area contributed by atoms with Crippen molar-refractivity contribution < 1.29 is 15.0 Å². The highest BCUT2D eigenvalue weighted by atomic mass is 16.3. The number of hydrogen-bond acceptors (Lipinski definition) is 5. The molecular weight excluding hydrogens is 508 g/mol. The second kappa shape index (κ2) is 23.7. The van der Waals surface area contributed by atoms with E-state index in [-0.39, 0.29) is 24.3 Å². The second-order valence-corrected chi connectivity index (χ2v) is 13.6. The fraction of sp³-hybridized carbons (Fsp3) is 0.917. The van der Waals surface area contributed by atoms with Crippen molar-refractivity contribution >= 4 is 6.29 Å². The largest absolute Gasteiger partial charge is 0.392 e. The molecule has 0 unspecified atom stereocenters. The van der Waals surface area contributed by atoms with Gasteiger partial charge < -0.3 is 20.8 Å². The summed E-state index contributed by atoms with van der Waals surface area (Å²) in [6.07, 6.45) is 34.0. The molecule has 5 nitrogen and oxygen atoms in total. The Hall–Kier alpha value is -0.750. The van der Waals surface area contributed by atoms with Crippen LogP contribution in [0.1, 0.15) is 174 Å². The van der Waals surface area contributed by atoms with Crippen molar-refractivity contribution in [1.29, 1.82) is 0 Å². The van der Waals surface area contributed by atoms with Crippen molar-refractivity contribution in [2.24, 2.45) is 0 Å². The molecule has 41 heavy (non-hydrogen) atoms. The Labute approximate surface area is 254 Å². The first kappa shape index (κ1) is 36.4. The van der Waals surface area contributed by atoms with Gasteiger partial charge >= 0.3 is 0 Å². The fourth-order valence-corrected chi connectivity index (χ4v) is 6.88. The molecule has 0 amide bonds. The van der Waals surface area contributed by atoms with Gasteiger partial charge in [-0.15, -0.1) is 0 Å². The molecular formula is C36H68N2O3. The summed E-state index contributed by atoms with van der Waals surface area (Å²) in [5.74, 6) is 0. The number of rotatable bonds is 24. The number of aldehydes is 1. The molecule has 2 aliphatic heterocycles. The zero-order chi connectivity index (χ0) is 29.5. The summed E-state index contributed by atoms with van der Waals surface area (Å²) in [6.45, 7) is 4.20. The monoisotopic (exact) mass is 577 g/mol. The van der Waals surface area contributed by atoms with Gasteiger partial charge in [0.15, 0.2) is 0 Å². The molecule has 2 aliphatic rings. The number of nitrogens with one attached hydrogen (secondary N) is 2. The summed E-state index contributed by atoms with van der Waals surface area (Å²) in [5, 5.41) is 26.8. The standard InChI is InChI=1S/C36H68N2O3/c1-30-35(40)27-25-33(37-30)23-19-15-11-6-4-3-5-9-13-17-21-32(29-39)22-18-14-10-7-8-12-16-20-24-34-26-28-36(41)31(2)38-34/h21,29-31,33-38,40-41H,3-20,22-28H2,1-2H3/b32-21+/t30-,31-,33+,34+,35+,36+/m1/s1. The summed E-state index contributed by atoms with van der Waals surface area (Å²) in [7, 11) is 0. The third-order valence-electron chi connectivity index (χ3n) is 9.86. The van der Waals surface area contributed by atoms with Crippen LogP contribution in [0.3, 0.4) is 0 Å².